The fourth-order valence-corrected chi connectivity index (χ4v) is 2.31. The van der Waals surface area contributed by atoms with E-state index in [2.05, 4.69) is 15.5 Å². The first-order valence-electron chi connectivity index (χ1n) is 9.82. The second-order valence-corrected chi connectivity index (χ2v) is 6.14. The molecule has 0 aliphatic rings. The molecule has 6 nitrogen and oxygen atoms in total. The van der Waals surface area contributed by atoms with Crippen LogP contribution >= 0.6 is 0 Å². The minimum absolute atomic E-state index is 0. The maximum Gasteiger partial charge on any atom is 4.00 e. The minimum atomic E-state index is -0.356. The molecule has 1 heterocycles. The summed E-state index contributed by atoms with van der Waals surface area (Å²) in [4.78, 5) is 15.5. The Balaban J connectivity index is 0.000000340. The van der Waals surface area contributed by atoms with Crippen LogP contribution in [-0.4, -0.2) is 53.2 Å². The molecule has 1 amide bonds. The van der Waals surface area contributed by atoms with Crippen molar-refractivity contribution in [3.63, 3.8) is 0 Å². The Morgan fingerprint density at radius 3 is 1.79 bits per heavy atom. The third-order valence-electron chi connectivity index (χ3n) is 3.90. The van der Waals surface area contributed by atoms with Gasteiger partial charge >= 0.3 is 23.9 Å². The molecular weight excluding hydrogens is 521 g/mol. The van der Waals surface area contributed by atoms with Crippen LogP contribution in [0.25, 0.3) is 0 Å². The zero-order valence-corrected chi connectivity index (χ0v) is 21.1. The van der Waals surface area contributed by atoms with Crippen LogP contribution in [0.2, 0.25) is 0 Å². The number of carbonyl (C=O) groups is 1. The molecule has 2 N–H and O–H groups in total. The quantitative estimate of drug-likeness (QED) is 0.224. The number of pyridine rings is 1. The third-order valence-corrected chi connectivity index (χ3v) is 3.90. The maximum atomic E-state index is 11.7. The molecule has 0 radical (unpaired) electrons. The summed E-state index contributed by atoms with van der Waals surface area (Å²) in [5.41, 5.74) is 3.26. The number of carbonyl (C=O) groups excluding carboxylic acids is 1. The Bertz CT molecular complexity index is 979. The van der Waals surface area contributed by atoms with Crippen LogP contribution in [0.3, 0.4) is 0 Å². The van der Waals surface area contributed by atoms with Gasteiger partial charge in [0, 0.05) is 23.5 Å². The summed E-state index contributed by atoms with van der Waals surface area (Å²) in [6, 6.07) is 32.1. The van der Waals surface area contributed by atoms with E-state index < -0.39 is 0 Å². The molecule has 162 valence electrons. The summed E-state index contributed by atoms with van der Waals surface area (Å²) in [5, 5.41) is 13.6. The standard InChI is InChI=1S/C14H13N3O3.2C6H6.Sn/c1-20-12-4-2-3-11(13(12)18)9-16-17-14(19)10-5-7-15-8-6-10;2*1-2-4-6-5-3-1;/h2-9,18H,1H3,(H,17,19);2*1-6H;/q;;;+4/b16-9+;;;. The van der Waals surface area contributed by atoms with E-state index in [1.807, 2.05) is 72.8 Å². The number of nitrogens with one attached hydrogen (secondary N) is 1. The molecule has 33 heavy (non-hydrogen) atoms. The molecule has 0 saturated heterocycles. The second-order valence-electron chi connectivity index (χ2n) is 6.14. The summed E-state index contributed by atoms with van der Waals surface area (Å²) >= 11 is 0. The van der Waals surface area contributed by atoms with Gasteiger partial charge < -0.3 is 9.84 Å². The molecular formula is C26H25N3O3Sn+4. The van der Waals surface area contributed by atoms with Crippen molar-refractivity contribution in [2.75, 3.05) is 7.11 Å². The second kappa shape index (κ2) is 17.0. The van der Waals surface area contributed by atoms with E-state index in [4.69, 9.17) is 4.74 Å². The number of phenolic OH excluding ortho intramolecular Hbond substituents is 1. The van der Waals surface area contributed by atoms with Crippen molar-refractivity contribution in [3.8, 4) is 11.5 Å². The van der Waals surface area contributed by atoms with E-state index in [0.29, 0.717) is 16.9 Å². The van der Waals surface area contributed by atoms with Gasteiger partial charge in [-0.15, -0.1) is 0 Å². The van der Waals surface area contributed by atoms with Crippen molar-refractivity contribution in [2.24, 2.45) is 5.10 Å². The zero-order valence-electron chi connectivity index (χ0n) is 18.2. The van der Waals surface area contributed by atoms with E-state index >= 15 is 0 Å². The Kier molecular flexibility index (Phi) is 14.1. The molecule has 3 aromatic carbocycles. The Morgan fingerprint density at radius 2 is 1.33 bits per heavy atom. The maximum absolute atomic E-state index is 11.7. The van der Waals surface area contributed by atoms with Gasteiger partial charge in [0.05, 0.1) is 13.3 Å². The number of aromatic hydroxyl groups is 1. The average Bonchev–Trinajstić information content (AvgIpc) is 2.88. The van der Waals surface area contributed by atoms with E-state index in [9.17, 15) is 9.90 Å². The molecule has 7 heteroatoms. The van der Waals surface area contributed by atoms with Gasteiger partial charge in [-0.3, -0.25) is 9.78 Å². The zero-order chi connectivity index (χ0) is 22.9. The van der Waals surface area contributed by atoms with Crippen LogP contribution in [0.1, 0.15) is 15.9 Å². The number of benzene rings is 3. The van der Waals surface area contributed by atoms with Crippen LogP contribution in [0.5, 0.6) is 11.5 Å². The van der Waals surface area contributed by atoms with Gasteiger partial charge in [0.2, 0.25) is 0 Å². The number of amides is 1. The van der Waals surface area contributed by atoms with Gasteiger partial charge in [0.15, 0.2) is 11.5 Å². The van der Waals surface area contributed by atoms with Crippen LogP contribution in [0.4, 0.5) is 0 Å². The number of hydrogen-bond donors (Lipinski definition) is 2. The van der Waals surface area contributed by atoms with E-state index in [0.717, 1.165) is 0 Å². The van der Waals surface area contributed by atoms with Gasteiger partial charge in [-0.05, 0) is 24.3 Å². The van der Waals surface area contributed by atoms with E-state index in [1.54, 1.807) is 30.3 Å². The van der Waals surface area contributed by atoms with Gasteiger partial charge in [-0.25, -0.2) is 5.43 Å². The van der Waals surface area contributed by atoms with Crippen LogP contribution in [-0.2, 0) is 0 Å². The van der Waals surface area contributed by atoms with Crippen LogP contribution in [0.15, 0.2) is 121 Å². The van der Waals surface area contributed by atoms with Crippen molar-refractivity contribution in [1.29, 1.82) is 0 Å². The summed E-state index contributed by atoms with van der Waals surface area (Å²) in [5.74, 6) is -0.0441. The summed E-state index contributed by atoms with van der Waals surface area (Å²) in [6.45, 7) is 0. The Morgan fingerprint density at radius 1 is 0.848 bits per heavy atom. The number of phenols is 1. The van der Waals surface area contributed by atoms with Gasteiger partial charge in [-0.2, -0.15) is 5.10 Å². The van der Waals surface area contributed by atoms with Crippen LogP contribution in [0, 0.1) is 0 Å². The monoisotopic (exact) mass is 547 g/mol. The largest absolute Gasteiger partial charge is 4.00 e. The van der Waals surface area contributed by atoms with Gasteiger partial charge in [-0.1, -0.05) is 78.9 Å². The molecule has 0 saturated carbocycles. The fraction of sp³-hybridized carbons (Fsp3) is 0.0385. The first-order valence-corrected chi connectivity index (χ1v) is 9.82. The van der Waals surface area contributed by atoms with E-state index in [1.165, 1.54) is 25.7 Å². The topological polar surface area (TPSA) is 83.8 Å². The predicted molar refractivity (Wildman–Crippen MR) is 133 cm³/mol. The first kappa shape index (κ1) is 27.4. The number of nitrogens with zero attached hydrogens (tertiary/aromatic N) is 2. The molecule has 0 bridgehead atoms. The summed E-state index contributed by atoms with van der Waals surface area (Å²) < 4.78 is 4.98. The normalized spacial score (nSPS) is 9.24. The predicted octanol–water partition coefficient (Wildman–Crippen LogP) is 4.55. The molecule has 4 aromatic rings. The van der Waals surface area contributed by atoms with Crippen molar-refractivity contribution < 1.29 is 14.6 Å². The number of rotatable bonds is 4. The fourth-order valence-electron chi connectivity index (χ4n) is 2.31. The molecule has 0 aliphatic carbocycles. The Hall–Kier alpha value is -3.65. The smallest absolute Gasteiger partial charge is 0.504 e. The van der Waals surface area contributed by atoms with Crippen LogP contribution < -0.4 is 10.2 Å². The number of aromatic nitrogens is 1. The van der Waals surface area contributed by atoms with Crippen molar-refractivity contribution >= 4 is 36.0 Å². The SMILES string of the molecule is COc1cccc(/C=N/NC(=O)c2ccncc2)c1O.[Sn+4].c1ccccc1.c1ccccc1. The summed E-state index contributed by atoms with van der Waals surface area (Å²) in [7, 11) is 1.46. The molecule has 0 fully saturated rings. The average molecular weight is 546 g/mol. The molecule has 0 atom stereocenters. The molecule has 0 unspecified atom stereocenters. The van der Waals surface area contributed by atoms with Crippen molar-refractivity contribution in [1.82, 2.24) is 10.4 Å². The third kappa shape index (κ3) is 11.0. The Labute approximate surface area is 210 Å². The molecule has 1 aromatic heterocycles. The minimum Gasteiger partial charge on any atom is -0.504 e. The van der Waals surface area contributed by atoms with Gasteiger partial charge in [0.25, 0.3) is 5.91 Å². The number of ether oxygens (including phenoxy) is 1. The molecule has 0 aliphatic heterocycles. The molecule has 0 spiro atoms. The van der Waals surface area contributed by atoms with Gasteiger partial charge in [0.1, 0.15) is 0 Å². The summed E-state index contributed by atoms with van der Waals surface area (Å²) in [6.07, 6.45) is 4.38. The molecule has 4 rings (SSSR count). The van der Waals surface area contributed by atoms with Crippen molar-refractivity contribution in [3.05, 3.63) is 127 Å². The number of para-hydroxylation sites is 1. The van der Waals surface area contributed by atoms with Crippen molar-refractivity contribution in [2.45, 2.75) is 0 Å². The first-order chi connectivity index (χ1) is 15.7. The number of hydrazone groups is 1. The van der Waals surface area contributed by atoms with E-state index in [-0.39, 0.29) is 35.6 Å². The number of methoxy groups -OCH3 is 1. The number of hydrogen-bond acceptors (Lipinski definition) is 5.